The zero-order valence-corrected chi connectivity index (χ0v) is 21.4. The highest BCUT2D eigenvalue weighted by Crippen LogP contribution is 2.38. The number of alkyl halides is 1. The van der Waals surface area contributed by atoms with E-state index in [-0.39, 0.29) is 11.9 Å². The van der Waals surface area contributed by atoms with E-state index in [0.717, 1.165) is 61.7 Å². The van der Waals surface area contributed by atoms with Crippen LogP contribution in [0.15, 0.2) is 33.8 Å². The van der Waals surface area contributed by atoms with E-state index < -0.39 is 12.4 Å². The summed E-state index contributed by atoms with van der Waals surface area (Å²) in [5.74, 6) is 1.55. The number of imidazole rings is 1. The third-order valence-corrected chi connectivity index (χ3v) is 7.96. The summed E-state index contributed by atoms with van der Waals surface area (Å²) >= 11 is 6.32. The van der Waals surface area contributed by atoms with Crippen LogP contribution in [0.1, 0.15) is 45.4 Å². The first-order valence-corrected chi connectivity index (χ1v) is 13.3. The van der Waals surface area contributed by atoms with Crippen LogP contribution in [0.5, 0.6) is 0 Å². The van der Waals surface area contributed by atoms with Gasteiger partial charge in [-0.2, -0.15) is 0 Å². The number of hydrogen-bond acceptors (Lipinski definition) is 7. The molecule has 1 saturated carbocycles. The highest BCUT2D eigenvalue weighted by molar-refractivity contribution is 6.30. The van der Waals surface area contributed by atoms with E-state index in [9.17, 15) is 9.18 Å². The van der Waals surface area contributed by atoms with Crippen molar-refractivity contribution in [1.82, 2.24) is 29.7 Å². The van der Waals surface area contributed by atoms with E-state index >= 15 is 0 Å². The maximum Gasteiger partial charge on any atom is 0.439 e. The maximum absolute atomic E-state index is 14.0. The summed E-state index contributed by atoms with van der Waals surface area (Å²) in [5, 5.41) is 4.32. The molecule has 0 spiro atoms. The molecule has 1 aliphatic heterocycles. The summed E-state index contributed by atoms with van der Waals surface area (Å²) in [6.07, 6.45) is 9.71. The molecular weight excluding hydrogens is 497 g/mol. The normalized spacial score (nSPS) is 22.2. The van der Waals surface area contributed by atoms with Crippen LogP contribution in [0.4, 0.5) is 10.3 Å². The fraction of sp³-hybridized carbons (Fsp3) is 0.500. The van der Waals surface area contributed by atoms with E-state index in [4.69, 9.17) is 26.1 Å². The van der Waals surface area contributed by atoms with Crippen molar-refractivity contribution < 1.29 is 8.91 Å². The first-order chi connectivity index (χ1) is 18.0. The number of halogens is 2. The fourth-order valence-electron chi connectivity index (χ4n) is 5.77. The van der Waals surface area contributed by atoms with Gasteiger partial charge in [-0.3, -0.25) is 14.5 Å². The van der Waals surface area contributed by atoms with Crippen LogP contribution in [0.25, 0.3) is 33.8 Å². The Morgan fingerprint density at radius 3 is 2.73 bits per heavy atom. The molecule has 0 radical (unpaired) electrons. The minimum atomic E-state index is -0.663. The molecule has 4 aromatic heterocycles. The molecule has 1 aliphatic carbocycles. The molecule has 194 valence electrons. The number of anilines is 1. The first kappa shape index (κ1) is 24.1. The van der Waals surface area contributed by atoms with Gasteiger partial charge in [-0.1, -0.05) is 36.5 Å². The first-order valence-electron chi connectivity index (χ1n) is 12.9. The predicted octanol–water partition coefficient (Wildman–Crippen LogP) is 5.25. The van der Waals surface area contributed by atoms with Crippen LogP contribution in [0.3, 0.4) is 0 Å². The maximum atomic E-state index is 14.0. The second-order valence-corrected chi connectivity index (χ2v) is 10.8. The molecule has 1 atom stereocenters. The Labute approximate surface area is 218 Å². The average molecular weight is 526 g/mol. The van der Waals surface area contributed by atoms with E-state index in [1.807, 2.05) is 6.07 Å². The summed E-state index contributed by atoms with van der Waals surface area (Å²) in [6, 6.07) is 3.41. The number of nitrogens with zero attached hydrogens (tertiary/aromatic N) is 6. The number of aromatic nitrogens is 6. The van der Waals surface area contributed by atoms with Gasteiger partial charge in [0.15, 0.2) is 0 Å². The monoisotopic (exact) mass is 525 g/mol. The van der Waals surface area contributed by atoms with Crippen molar-refractivity contribution in [1.29, 1.82) is 0 Å². The van der Waals surface area contributed by atoms with Crippen LogP contribution < -0.4 is 10.7 Å². The molecule has 1 N–H and O–H groups in total. The van der Waals surface area contributed by atoms with Gasteiger partial charge in [-0.25, -0.2) is 19.2 Å². The molecule has 5 heterocycles. The van der Waals surface area contributed by atoms with Gasteiger partial charge in [0.25, 0.3) is 0 Å². The SMILES string of the molecule is CC1CCC(Cn2c(N3CCC[C@H]3CF)nc3cc(-c4noc(=O)[nH]4)nc(-c4cncc(Cl)c4)c32)CC1. The lowest BCUT2D eigenvalue weighted by Gasteiger charge is -2.29. The number of rotatable bonds is 6. The van der Waals surface area contributed by atoms with Crippen molar-refractivity contribution in [3.8, 4) is 22.8 Å². The van der Waals surface area contributed by atoms with Gasteiger partial charge in [0.2, 0.25) is 11.8 Å². The molecule has 4 aromatic rings. The Balaban J connectivity index is 1.58. The van der Waals surface area contributed by atoms with Crippen LogP contribution in [0.2, 0.25) is 5.02 Å². The fourth-order valence-corrected chi connectivity index (χ4v) is 5.94. The molecule has 0 aromatic carbocycles. The standard InChI is InChI=1S/C26H29ClFN7O2/c1-15-4-6-16(7-5-15)14-35-23-20(31-25(35)34-8-2-3-19(34)11-28)10-21(24-32-26(36)37-33-24)30-22(23)17-9-18(27)13-29-12-17/h9-10,12-13,15-16,19H,2-8,11,14H2,1H3,(H,32,33,36)/t15?,16?,19-/m0/s1. The van der Waals surface area contributed by atoms with E-state index in [0.29, 0.717) is 27.8 Å². The lowest BCUT2D eigenvalue weighted by Crippen LogP contribution is -2.33. The van der Waals surface area contributed by atoms with E-state index in [1.54, 1.807) is 18.5 Å². The third kappa shape index (κ3) is 4.63. The Bertz CT molecular complexity index is 1470. The minimum absolute atomic E-state index is 0.197. The molecule has 37 heavy (non-hydrogen) atoms. The average Bonchev–Trinajstić information content (AvgIpc) is 3.63. The molecule has 0 unspecified atom stereocenters. The summed E-state index contributed by atoms with van der Waals surface area (Å²) in [4.78, 5) is 30.6. The molecule has 2 aliphatic rings. The number of nitrogens with one attached hydrogen (secondary N) is 1. The lowest BCUT2D eigenvalue weighted by molar-refractivity contribution is 0.266. The van der Waals surface area contributed by atoms with E-state index in [1.165, 1.54) is 12.8 Å². The van der Waals surface area contributed by atoms with Gasteiger partial charge in [0.1, 0.15) is 12.4 Å². The van der Waals surface area contributed by atoms with Crippen molar-refractivity contribution >= 4 is 28.6 Å². The second kappa shape index (κ2) is 9.89. The number of pyridine rings is 2. The highest BCUT2D eigenvalue weighted by atomic mass is 35.5. The van der Waals surface area contributed by atoms with Gasteiger partial charge in [-0.15, -0.1) is 0 Å². The molecular formula is C26H29ClFN7O2. The highest BCUT2D eigenvalue weighted by Gasteiger charge is 2.32. The van der Waals surface area contributed by atoms with Crippen molar-refractivity contribution in [2.75, 3.05) is 18.1 Å². The van der Waals surface area contributed by atoms with Crippen molar-refractivity contribution in [2.24, 2.45) is 11.8 Å². The van der Waals surface area contributed by atoms with Gasteiger partial charge in [0.05, 0.1) is 27.8 Å². The largest absolute Gasteiger partial charge is 0.439 e. The van der Waals surface area contributed by atoms with Crippen molar-refractivity contribution in [2.45, 2.75) is 58.0 Å². The zero-order chi connectivity index (χ0) is 25.5. The Kier molecular flexibility index (Phi) is 6.44. The number of fused-ring (bicyclic) bond motifs is 1. The van der Waals surface area contributed by atoms with E-state index in [2.05, 4.69) is 31.5 Å². The Hall–Kier alpha value is -3.27. The Morgan fingerprint density at radius 1 is 1.16 bits per heavy atom. The zero-order valence-electron chi connectivity index (χ0n) is 20.7. The summed E-state index contributed by atoms with van der Waals surface area (Å²) in [5.41, 5.74) is 3.30. The Morgan fingerprint density at radius 2 is 2.00 bits per heavy atom. The summed E-state index contributed by atoms with van der Waals surface area (Å²) in [6.45, 7) is 3.43. The number of H-pyrrole nitrogens is 1. The molecule has 0 bridgehead atoms. The van der Waals surface area contributed by atoms with Crippen molar-refractivity contribution in [3.05, 3.63) is 40.1 Å². The van der Waals surface area contributed by atoms with Gasteiger partial charge in [-0.05, 0) is 49.7 Å². The smallest absolute Gasteiger partial charge is 0.337 e. The minimum Gasteiger partial charge on any atom is -0.337 e. The molecule has 6 rings (SSSR count). The lowest BCUT2D eigenvalue weighted by atomic mass is 9.83. The second-order valence-electron chi connectivity index (χ2n) is 10.4. The van der Waals surface area contributed by atoms with Crippen LogP contribution >= 0.6 is 11.6 Å². The van der Waals surface area contributed by atoms with Crippen molar-refractivity contribution in [3.63, 3.8) is 0 Å². The van der Waals surface area contributed by atoms with Gasteiger partial charge >= 0.3 is 5.76 Å². The molecule has 0 amide bonds. The quantitative estimate of drug-likeness (QED) is 0.366. The number of hydrogen-bond donors (Lipinski definition) is 1. The molecule has 2 fully saturated rings. The van der Waals surface area contributed by atoms with Crippen LogP contribution in [-0.2, 0) is 6.54 Å². The molecule has 11 heteroatoms. The van der Waals surface area contributed by atoms with Gasteiger partial charge < -0.3 is 9.47 Å². The number of aromatic amines is 1. The summed E-state index contributed by atoms with van der Waals surface area (Å²) in [7, 11) is 0. The van der Waals surface area contributed by atoms with Gasteiger partial charge in [0, 0.05) is 31.0 Å². The third-order valence-electron chi connectivity index (χ3n) is 7.75. The molecule has 9 nitrogen and oxygen atoms in total. The topological polar surface area (TPSA) is 106 Å². The molecule has 1 saturated heterocycles. The van der Waals surface area contributed by atoms with Crippen LogP contribution in [-0.4, -0.2) is 48.9 Å². The summed E-state index contributed by atoms with van der Waals surface area (Å²) < 4.78 is 21.0. The van der Waals surface area contributed by atoms with Crippen LogP contribution in [0, 0.1) is 11.8 Å². The predicted molar refractivity (Wildman–Crippen MR) is 139 cm³/mol.